The number of carbonyl (C=O) groups is 2. The van der Waals surface area contributed by atoms with Crippen molar-refractivity contribution >= 4 is 29.6 Å². The number of halogens is 1. The first-order valence-electron chi connectivity index (χ1n) is 10.6. The van der Waals surface area contributed by atoms with Crippen LogP contribution in [0.3, 0.4) is 0 Å². The smallest absolute Gasteiger partial charge is 0.337 e. The monoisotopic (exact) mass is 477 g/mol. The van der Waals surface area contributed by atoms with Gasteiger partial charge in [0.2, 0.25) is 0 Å². The number of hydrogen-bond donors (Lipinski definition) is 1. The summed E-state index contributed by atoms with van der Waals surface area (Å²) >= 11 is 6.22. The first kappa shape index (κ1) is 24.7. The Bertz CT molecular complexity index is 1200. The lowest BCUT2D eigenvalue weighted by atomic mass is 9.80. The van der Waals surface area contributed by atoms with Crippen LogP contribution in [0.5, 0.6) is 0 Å². The second kappa shape index (κ2) is 11.8. The van der Waals surface area contributed by atoms with Gasteiger partial charge in [-0.2, -0.15) is 5.26 Å². The molecule has 1 unspecified atom stereocenters. The van der Waals surface area contributed by atoms with Gasteiger partial charge in [0.25, 0.3) is 0 Å². The lowest BCUT2D eigenvalue weighted by Gasteiger charge is -2.30. The molecule has 0 saturated carbocycles. The minimum atomic E-state index is -0.748. The standard InChI is InChI=1S/C26H24ClN3O4/c1-17-22(25(31)33-14-6-11-21-10-3-4-13-29-21)24(19-8-5-9-20(27)16-19)23(18(2)30-17)26(32)34-15-7-12-28/h3-6,8-11,13,16,24,30H,7,14-15H2,1-2H3. The van der Waals surface area contributed by atoms with Gasteiger partial charge in [0, 0.05) is 22.6 Å². The molecular weight excluding hydrogens is 454 g/mol. The fourth-order valence-corrected chi connectivity index (χ4v) is 3.87. The van der Waals surface area contributed by atoms with Crippen molar-refractivity contribution in [2.75, 3.05) is 13.2 Å². The van der Waals surface area contributed by atoms with E-state index in [9.17, 15) is 9.59 Å². The average Bonchev–Trinajstić information content (AvgIpc) is 2.82. The number of carbonyl (C=O) groups excluding carboxylic acids is 2. The van der Waals surface area contributed by atoms with E-state index in [4.69, 9.17) is 26.3 Å². The van der Waals surface area contributed by atoms with Gasteiger partial charge in [-0.15, -0.1) is 0 Å². The quantitative estimate of drug-likeness (QED) is 0.435. The summed E-state index contributed by atoms with van der Waals surface area (Å²) in [5.74, 6) is -1.93. The second-order valence-corrected chi connectivity index (χ2v) is 7.93. The number of nitriles is 1. The molecule has 0 spiro atoms. The summed E-state index contributed by atoms with van der Waals surface area (Å²) in [7, 11) is 0. The Morgan fingerprint density at radius 2 is 1.85 bits per heavy atom. The molecule has 2 heterocycles. The Hall–Kier alpha value is -3.89. The number of benzene rings is 1. The van der Waals surface area contributed by atoms with Crippen LogP contribution in [0.15, 0.2) is 77.3 Å². The molecule has 1 aromatic heterocycles. The molecule has 3 rings (SSSR count). The van der Waals surface area contributed by atoms with Crippen molar-refractivity contribution in [3.05, 3.63) is 93.6 Å². The molecular formula is C26H24ClN3O4. The van der Waals surface area contributed by atoms with Gasteiger partial charge in [0.15, 0.2) is 0 Å². The van der Waals surface area contributed by atoms with E-state index in [2.05, 4.69) is 10.3 Å². The Morgan fingerprint density at radius 3 is 2.50 bits per heavy atom. The van der Waals surface area contributed by atoms with E-state index in [-0.39, 0.29) is 30.8 Å². The molecule has 8 heteroatoms. The number of pyridine rings is 1. The molecule has 0 amide bonds. The number of aromatic nitrogens is 1. The van der Waals surface area contributed by atoms with Gasteiger partial charge in [0.1, 0.15) is 13.2 Å². The molecule has 0 bridgehead atoms. The van der Waals surface area contributed by atoms with Crippen molar-refractivity contribution in [1.82, 2.24) is 10.3 Å². The third kappa shape index (κ3) is 6.12. The molecule has 1 aliphatic heterocycles. The van der Waals surface area contributed by atoms with Crippen LogP contribution in [-0.2, 0) is 19.1 Å². The van der Waals surface area contributed by atoms with Crippen molar-refractivity contribution in [3.8, 4) is 6.07 Å². The topological polar surface area (TPSA) is 101 Å². The molecule has 1 N–H and O–H groups in total. The number of esters is 2. The van der Waals surface area contributed by atoms with Crippen LogP contribution in [0, 0.1) is 11.3 Å². The fraction of sp³-hybridized carbons (Fsp3) is 0.231. The number of hydrogen-bond acceptors (Lipinski definition) is 7. The first-order valence-corrected chi connectivity index (χ1v) is 11.0. The van der Waals surface area contributed by atoms with E-state index >= 15 is 0 Å². The molecule has 2 aromatic rings. The number of ether oxygens (including phenoxy) is 2. The highest BCUT2D eigenvalue weighted by Gasteiger charge is 2.38. The van der Waals surface area contributed by atoms with Gasteiger partial charge >= 0.3 is 11.9 Å². The van der Waals surface area contributed by atoms with Crippen LogP contribution in [0.1, 0.15) is 37.4 Å². The summed E-state index contributed by atoms with van der Waals surface area (Å²) in [4.78, 5) is 30.4. The first-order chi connectivity index (χ1) is 16.4. The normalized spacial score (nSPS) is 15.6. The van der Waals surface area contributed by atoms with Gasteiger partial charge in [-0.1, -0.05) is 29.8 Å². The second-order valence-electron chi connectivity index (χ2n) is 7.49. The summed E-state index contributed by atoms with van der Waals surface area (Å²) in [6.45, 7) is 3.47. The summed E-state index contributed by atoms with van der Waals surface area (Å²) in [6, 6.07) is 14.4. The van der Waals surface area contributed by atoms with E-state index in [1.54, 1.807) is 56.5 Å². The minimum Gasteiger partial charge on any atom is -0.461 e. The average molecular weight is 478 g/mol. The number of rotatable bonds is 8. The summed E-state index contributed by atoms with van der Waals surface area (Å²) in [5.41, 5.74) is 3.06. The maximum atomic E-state index is 13.2. The van der Waals surface area contributed by atoms with Gasteiger partial charge in [0.05, 0.1) is 35.2 Å². The Labute approximate surface area is 203 Å². The highest BCUT2D eigenvalue weighted by molar-refractivity contribution is 6.30. The van der Waals surface area contributed by atoms with Crippen LogP contribution in [0.2, 0.25) is 5.02 Å². The van der Waals surface area contributed by atoms with Crippen LogP contribution in [0.4, 0.5) is 0 Å². The zero-order valence-corrected chi connectivity index (χ0v) is 19.6. The van der Waals surface area contributed by atoms with Gasteiger partial charge in [-0.3, -0.25) is 4.98 Å². The van der Waals surface area contributed by atoms with Crippen LogP contribution < -0.4 is 5.32 Å². The van der Waals surface area contributed by atoms with Crippen LogP contribution in [-0.4, -0.2) is 30.1 Å². The zero-order chi connectivity index (χ0) is 24.5. The van der Waals surface area contributed by atoms with E-state index in [1.807, 2.05) is 24.3 Å². The molecule has 174 valence electrons. The number of allylic oxidation sites excluding steroid dienone is 2. The lowest BCUT2D eigenvalue weighted by molar-refractivity contribution is -0.139. The van der Waals surface area contributed by atoms with Crippen molar-refractivity contribution in [2.24, 2.45) is 0 Å². The molecule has 1 aliphatic rings. The van der Waals surface area contributed by atoms with Gasteiger partial charge in [-0.25, -0.2) is 9.59 Å². The molecule has 34 heavy (non-hydrogen) atoms. The molecule has 7 nitrogen and oxygen atoms in total. The molecule has 1 aromatic carbocycles. The third-order valence-electron chi connectivity index (χ3n) is 5.12. The van der Waals surface area contributed by atoms with Crippen molar-refractivity contribution in [1.29, 1.82) is 5.26 Å². The molecule has 0 radical (unpaired) electrons. The van der Waals surface area contributed by atoms with Crippen molar-refractivity contribution in [3.63, 3.8) is 0 Å². The number of nitrogens with one attached hydrogen (secondary N) is 1. The Balaban J connectivity index is 1.89. The van der Waals surface area contributed by atoms with Gasteiger partial charge < -0.3 is 14.8 Å². The maximum Gasteiger partial charge on any atom is 0.337 e. The summed E-state index contributed by atoms with van der Waals surface area (Å²) in [5, 5.41) is 12.3. The largest absolute Gasteiger partial charge is 0.461 e. The van der Waals surface area contributed by atoms with E-state index < -0.39 is 17.9 Å². The van der Waals surface area contributed by atoms with Crippen LogP contribution in [0.25, 0.3) is 6.08 Å². The van der Waals surface area contributed by atoms with E-state index in [1.165, 1.54) is 0 Å². The molecule has 0 fully saturated rings. The SMILES string of the molecule is CC1=C(C(=O)OCC=Cc2ccccn2)C(c2cccc(Cl)c2)C(C(=O)OCCC#N)=C(C)N1. The maximum absolute atomic E-state index is 13.2. The molecule has 0 saturated heterocycles. The highest BCUT2D eigenvalue weighted by Crippen LogP contribution is 2.39. The highest BCUT2D eigenvalue weighted by atomic mass is 35.5. The number of dihydropyridines is 1. The van der Waals surface area contributed by atoms with Crippen molar-refractivity contribution in [2.45, 2.75) is 26.2 Å². The summed E-state index contributed by atoms with van der Waals surface area (Å²) < 4.78 is 10.8. The third-order valence-corrected chi connectivity index (χ3v) is 5.35. The van der Waals surface area contributed by atoms with Crippen molar-refractivity contribution < 1.29 is 19.1 Å². The van der Waals surface area contributed by atoms with Crippen LogP contribution >= 0.6 is 11.6 Å². The fourth-order valence-electron chi connectivity index (χ4n) is 3.67. The predicted octanol–water partition coefficient (Wildman–Crippen LogP) is 4.68. The minimum absolute atomic E-state index is 0.0269. The van der Waals surface area contributed by atoms with E-state index in [0.29, 0.717) is 22.0 Å². The Kier molecular flexibility index (Phi) is 8.60. The lowest BCUT2D eigenvalue weighted by Crippen LogP contribution is -2.32. The summed E-state index contributed by atoms with van der Waals surface area (Å²) in [6.07, 6.45) is 5.19. The molecule has 1 atom stereocenters. The molecule has 0 aliphatic carbocycles. The number of nitrogens with zero attached hydrogens (tertiary/aromatic N) is 2. The van der Waals surface area contributed by atoms with Gasteiger partial charge in [-0.05, 0) is 55.8 Å². The van der Waals surface area contributed by atoms with E-state index in [0.717, 1.165) is 5.69 Å². The Morgan fingerprint density at radius 1 is 1.12 bits per heavy atom. The zero-order valence-electron chi connectivity index (χ0n) is 18.9. The predicted molar refractivity (Wildman–Crippen MR) is 128 cm³/mol.